The summed E-state index contributed by atoms with van der Waals surface area (Å²) in [5, 5.41) is 3.45. The fourth-order valence-electron chi connectivity index (χ4n) is 2.96. The summed E-state index contributed by atoms with van der Waals surface area (Å²) in [6.07, 6.45) is 3.12. The number of benzene rings is 2. The number of carbonyl (C=O) groups is 1. The number of halogens is 1. The molecule has 9 heteroatoms. The van der Waals surface area contributed by atoms with Crippen LogP contribution >= 0.6 is 11.6 Å². The van der Waals surface area contributed by atoms with Gasteiger partial charge in [0, 0.05) is 36.5 Å². The summed E-state index contributed by atoms with van der Waals surface area (Å²) in [4.78, 5) is 16.7. The van der Waals surface area contributed by atoms with E-state index >= 15 is 0 Å². The normalized spacial score (nSPS) is 11.6. The molecule has 2 aromatic carbocycles. The number of aromatic nitrogens is 2. The summed E-state index contributed by atoms with van der Waals surface area (Å²) in [6.45, 7) is 4.80. The fraction of sp³-hybridized carbons (Fsp3) is 0.238. The number of hydrogen-bond acceptors (Lipinski definition) is 4. The van der Waals surface area contributed by atoms with Crippen LogP contribution in [-0.2, 0) is 16.6 Å². The van der Waals surface area contributed by atoms with Crippen molar-refractivity contribution in [3.8, 4) is 5.69 Å². The van der Waals surface area contributed by atoms with Crippen LogP contribution in [0.3, 0.4) is 0 Å². The number of rotatable bonds is 8. The molecule has 0 saturated carbocycles. The second-order valence-electron chi connectivity index (χ2n) is 6.56. The largest absolute Gasteiger partial charge is 0.347 e. The lowest BCUT2D eigenvalue weighted by Gasteiger charge is -2.18. The van der Waals surface area contributed by atoms with Gasteiger partial charge < -0.3 is 9.88 Å². The molecule has 30 heavy (non-hydrogen) atoms. The lowest BCUT2D eigenvalue weighted by atomic mass is 10.2. The molecule has 1 aromatic heterocycles. The minimum atomic E-state index is -3.51. The van der Waals surface area contributed by atoms with Crippen LogP contribution < -0.4 is 5.32 Å². The summed E-state index contributed by atoms with van der Waals surface area (Å²) in [5.41, 5.74) is 1.90. The maximum absolute atomic E-state index is 12.6. The van der Waals surface area contributed by atoms with Crippen molar-refractivity contribution in [2.75, 3.05) is 13.1 Å². The van der Waals surface area contributed by atoms with Crippen molar-refractivity contribution in [2.45, 2.75) is 25.3 Å². The molecular weight excluding hydrogens is 424 g/mol. The monoisotopic (exact) mass is 446 g/mol. The van der Waals surface area contributed by atoms with Crippen molar-refractivity contribution in [1.82, 2.24) is 19.2 Å². The Balaban J connectivity index is 1.69. The van der Waals surface area contributed by atoms with E-state index in [0.29, 0.717) is 30.3 Å². The molecule has 3 rings (SSSR count). The molecule has 1 heterocycles. The zero-order chi connectivity index (χ0) is 21.7. The van der Waals surface area contributed by atoms with Gasteiger partial charge in [-0.25, -0.2) is 13.4 Å². The van der Waals surface area contributed by atoms with Crippen molar-refractivity contribution in [2.24, 2.45) is 0 Å². The van der Waals surface area contributed by atoms with E-state index in [4.69, 9.17) is 11.6 Å². The van der Waals surface area contributed by atoms with Gasteiger partial charge in [-0.2, -0.15) is 4.31 Å². The van der Waals surface area contributed by atoms with Crippen LogP contribution in [0.25, 0.3) is 5.69 Å². The topological polar surface area (TPSA) is 84.3 Å². The molecule has 0 saturated heterocycles. The Morgan fingerprint density at radius 3 is 2.30 bits per heavy atom. The molecule has 0 aliphatic carbocycles. The molecular formula is C21H23ClN4O3S. The van der Waals surface area contributed by atoms with Crippen LogP contribution in [0, 0.1) is 0 Å². The van der Waals surface area contributed by atoms with Crippen molar-refractivity contribution < 1.29 is 13.2 Å². The maximum Gasteiger partial charge on any atom is 0.271 e. The standard InChI is InChI=1S/C21H23ClN4O3S/c1-3-26(4-2)30(28,29)19-11-9-18(10-12-19)25-14-20(24-15-25)21(27)23-13-16-5-7-17(22)8-6-16/h5-12,14-15H,3-4,13H2,1-2H3,(H,23,27). The van der Waals surface area contributed by atoms with Crippen molar-refractivity contribution >= 4 is 27.5 Å². The Hall–Kier alpha value is -2.68. The van der Waals surface area contributed by atoms with E-state index < -0.39 is 10.0 Å². The predicted molar refractivity (Wildman–Crippen MR) is 116 cm³/mol. The van der Waals surface area contributed by atoms with Gasteiger partial charge in [-0.1, -0.05) is 37.6 Å². The third kappa shape index (κ3) is 4.89. The van der Waals surface area contributed by atoms with Crippen LogP contribution in [0.4, 0.5) is 0 Å². The van der Waals surface area contributed by atoms with Gasteiger partial charge in [0.15, 0.2) is 0 Å². The summed E-state index contributed by atoms with van der Waals surface area (Å²) >= 11 is 5.86. The lowest BCUT2D eigenvalue weighted by Crippen LogP contribution is -2.30. The van der Waals surface area contributed by atoms with E-state index in [1.54, 1.807) is 61.0 Å². The Morgan fingerprint density at radius 1 is 1.07 bits per heavy atom. The smallest absolute Gasteiger partial charge is 0.271 e. The highest BCUT2D eigenvalue weighted by atomic mass is 35.5. The highest BCUT2D eigenvalue weighted by molar-refractivity contribution is 7.89. The molecule has 1 amide bonds. The number of imidazole rings is 1. The van der Waals surface area contributed by atoms with Gasteiger partial charge in [-0.15, -0.1) is 0 Å². The maximum atomic E-state index is 12.6. The van der Waals surface area contributed by atoms with Crippen LogP contribution in [0.15, 0.2) is 66.0 Å². The molecule has 0 atom stereocenters. The van der Waals surface area contributed by atoms with Gasteiger partial charge in [0.05, 0.1) is 4.90 Å². The number of nitrogens with one attached hydrogen (secondary N) is 1. The zero-order valence-corrected chi connectivity index (χ0v) is 18.3. The molecule has 158 valence electrons. The molecule has 3 aromatic rings. The zero-order valence-electron chi connectivity index (χ0n) is 16.7. The van der Waals surface area contributed by atoms with Gasteiger partial charge in [-0.05, 0) is 42.0 Å². The Kier molecular flexibility index (Phi) is 6.91. The van der Waals surface area contributed by atoms with Gasteiger partial charge in [0.2, 0.25) is 10.0 Å². The van der Waals surface area contributed by atoms with E-state index in [1.165, 1.54) is 10.6 Å². The van der Waals surface area contributed by atoms with Crippen molar-refractivity contribution in [3.05, 3.63) is 77.3 Å². The summed E-state index contributed by atoms with van der Waals surface area (Å²) in [5.74, 6) is -0.301. The number of amides is 1. The van der Waals surface area contributed by atoms with Gasteiger partial charge in [0.1, 0.15) is 12.0 Å². The van der Waals surface area contributed by atoms with Crippen molar-refractivity contribution in [3.63, 3.8) is 0 Å². The predicted octanol–water partition coefficient (Wildman–Crippen LogP) is 3.49. The third-order valence-corrected chi connectivity index (χ3v) is 6.98. The quantitative estimate of drug-likeness (QED) is 0.574. The molecule has 0 bridgehead atoms. The van der Waals surface area contributed by atoms with E-state index in [2.05, 4.69) is 10.3 Å². The first-order valence-corrected chi connectivity index (χ1v) is 11.3. The van der Waals surface area contributed by atoms with Crippen molar-refractivity contribution in [1.29, 1.82) is 0 Å². The van der Waals surface area contributed by atoms with E-state index in [-0.39, 0.29) is 16.5 Å². The molecule has 0 aliphatic heterocycles. The molecule has 0 spiro atoms. The minimum Gasteiger partial charge on any atom is -0.347 e. The van der Waals surface area contributed by atoms with Gasteiger partial charge in [-0.3, -0.25) is 4.79 Å². The van der Waals surface area contributed by atoms with Gasteiger partial charge in [0.25, 0.3) is 5.91 Å². The van der Waals surface area contributed by atoms with E-state index in [0.717, 1.165) is 5.56 Å². The first-order chi connectivity index (χ1) is 14.3. The number of carbonyl (C=O) groups excluding carboxylic acids is 1. The van der Waals surface area contributed by atoms with Crippen LogP contribution in [0.5, 0.6) is 0 Å². The number of hydrogen-bond donors (Lipinski definition) is 1. The second-order valence-corrected chi connectivity index (χ2v) is 8.93. The third-order valence-electron chi connectivity index (χ3n) is 4.66. The Morgan fingerprint density at radius 2 is 1.70 bits per heavy atom. The number of sulfonamides is 1. The summed E-state index contributed by atoms with van der Waals surface area (Å²) in [7, 11) is -3.51. The Labute approximate surface area is 181 Å². The molecule has 0 unspecified atom stereocenters. The highest BCUT2D eigenvalue weighted by Crippen LogP contribution is 2.18. The lowest BCUT2D eigenvalue weighted by molar-refractivity contribution is 0.0946. The highest BCUT2D eigenvalue weighted by Gasteiger charge is 2.21. The van der Waals surface area contributed by atoms with Gasteiger partial charge >= 0.3 is 0 Å². The molecule has 0 fully saturated rings. The molecule has 7 nitrogen and oxygen atoms in total. The Bertz CT molecular complexity index is 1110. The summed E-state index contributed by atoms with van der Waals surface area (Å²) < 4.78 is 28.3. The minimum absolute atomic E-state index is 0.232. The average Bonchev–Trinajstić information content (AvgIpc) is 3.24. The van der Waals surface area contributed by atoms with Crippen LogP contribution in [0.1, 0.15) is 29.9 Å². The molecule has 0 aliphatic rings. The first kappa shape index (κ1) is 22.0. The van der Waals surface area contributed by atoms with E-state index in [1.807, 2.05) is 12.1 Å². The fourth-order valence-corrected chi connectivity index (χ4v) is 4.54. The summed E-state index contributed by atoms with van der Waals surface area (Å²) in [6, 6.07) is 13.7. The molecule has 1 N–H and O–H groups in total. The second kappa shape index (κ2) is 9.42. The van der Waals surface area contributed by atoms with Crippen LogP contribution in [-0.4, -0.2) is 41.3 Å². The molecule has 0 radical (unpaired) electrons. The average molecular weight is 447 g/mol. The van der Waals surface area contributed by atoms with Crippen LogP contribution in [0.2, 0.25) is 5.02 Å². The SMILES string of the molecule is CCN(CC)S(=O)(=O)c1ccc(-n2cnc(C(=O)NCc3ccc(Cl)cc3)c2)cc1. The first-order valence-electron chi connectivity index (χ1n) is 9.52. The van der Waals surface area contributed by atoms with E-state index in [9.17, 15) is 13.2 Å². The number of nitrogens with zero attached hydrogens (tertiary/aromatic N) is 3.